The lowest BCUT2D eigenvalue weighted by Crippen LogP contribution is -2.36. The van der Waals surface area contributed by atoms with Crippen LogP contribution in [-0.2, 0) is 0 Å². The molecule has 0 amide bonds. The minimum atomic E-state index is 0.572. The normalized spacial score (nSPS) is 35.9. The zero-order valence-electron chi connectivity index (χ0n) is 8.74. The van der Waals surface area contributed by atoms with E-state index >= 15 is 0 Å². The molecule has 1 saturated carbocycles. The van der Waals surface area contributed by atoms with Crippen LogP contribution in [0.25, 0.3) is 0 Å². The van der Waals surface area contributed by atoms with Gasteiger partial charge in [0.05, 0.1) is 6.07 Å². The number of nitrogens with one attached hydrogen (secondary N) is 1. The number of fused-ring (bicyclic) bond motifs is 2. The van der Waals surface area contributed by atoms with Gasteiger partial charge in [0.1, 0.15) is 0 Å². The van der Waals surface area contributed by atoms with Gasteiger partial charge in [-0.1, -0.05) is 12.2 Å². The van der Waals surface area contributed by atoms with Gasteiger partial charge >= 0.3 is 0 Å². The fraction of sp³-hybridized carbons (Fsp3) is 0.750. The summed E-state index contributed by atoms with van der Waals surface area (Å²) in [5.41, 5.74) is 0. The number of nitriles is 1. The molecule has 0 saturated heterocycles. The Morgan fingerprint density at radius 3 is 2.93 bits per heavy atom. The van der Waals surface area contributed by atoms with E-state index in [2.05, 4.69) is 30.5 Å². The Morgan fingerprint density at radius 2 is 2.36 bits per heavy atom. The van der Waals surface area contributed by atoms with Crippen molar-refractivity contribution in [1.82, 2.24) is 5.32 Å². The highest BCUT2D eigenvalue weighted by molar-refractivity contribution is 5.11. The van der Waals surface area contributed by atoms with Crippen molar-refractivity contribution >= 4 is 0 Å². The molecule has 1 fully saturated rings. The van der Waals surface area contributed by atoms with Crippen LogP contribution in [0.4, 0.5) is 0 Å². The van der Waals surface area contributed by atoms with Gasteiger partial charge in [0.25, 0.3) is 0 Å². The second-order valence-corrected chi connectivity index (χ2v) is 4.60. The predicted octanol–water partition coefficient (Wildman–Crippen LogP) is 2.09. The van der Waals surface area contributed by atoms with E-state index in [0.29, 0.717) is 12.5 Å². The third-order valence-corrected chi connectivity index (χ3v) is 3.68. The van der Waals surface area contributed by atoms with Crippen LogP contribution < -0.4 is 5.32 Å². The third kappa shape index (κ3) is 1.83. The van der Waals surface area contributed by atoms with E-state index in [1.54, 1.807) is 0 Å². The van der Waals surface area contributed by atoms with Crippen LogP contribution in [0.3, 0.4) is 0 Å². The second kappa shape index (κ2) is 4.14. The van der Waals surface area contributed by atoms with Gasteiger partial charge in [0, 0.05) is 19.0 Å². The lowest BCUT2D eigenvalue weighted by molar-refractivity contribution is 0.330. The average molecular weight is 190 g/mol. The van der Waals surface area contributed by atoms with Crippen LogP contribution in [-0.4, -0.2) is 12.6 Å². The van der Waals surface area contributed by atoms with Crippen LogP contribution >= 0.6 is 0 Å². The molecule has 0 heterocycles. The Labute approximate surface area is 86.0 Å². The van der Waals surface area contributed by atoms with Crippen molar-refractivity contribution in [2.24, 2.45) is 17.8 Å². The summed E-state index contributed by atoms with van der Waals surface area (Å²) in [7, 11) is 0. The Bertz CT molecular complexity index is 264. The highest BCUT2D eigenvalue weighted by atomic mass is 14.9. The summed E-state index contributed by atoms with van der Waals surface area (Å²) >= 11 is 0. The fourth-order valence-electron chi connectivity index (χ4n) is 2.91. The molecule has 2 aliphatic rings. The molecule has 2 rings (SSSR count). The van der Waals surface area contributed by atoms with Crippen LogP contribution in [0.2, 0.25) is 0 Å². The van der Waals surface area contributed by atoms with Crippen molar-refractivity contribution in [1.29, 1.82) is 5.26 Å². The summed E-state index contributed by atoms with van der Waals surface area (Å²) in [6.45, 7) is 3.10. The van der Waals surface area contributed by atoms with E-state index in [9.17, 15) is 0 Å². The van der Waals surface area contributed by atoms with Gasteiger partial charge in [0.2, 0.25) is 0 Å². The topological polar surface area (TPSA) is 35.8 Å². The first-order chi connectivity index (χ1) is 6.81. The Balaban J connectivity index is 1.79. The fourth-order valence-corrected chi connectivity index (χ4v) is 2.91. The molecule has 0 radical (unpaired) electrons. The monoisotopic (exact) mass is 190 g/mol. The summed E-state index contributed by atoms with van der Waals surface area (Å²) in [4.78, 5) is 0. The molecule has 0 aromatic rings. The average Bonchev–Trinajstić information content (AvgIpc) is 2.79. The molecule has 2 heteroatoms. The third-order valence-electron chi connectivity index (χ3n) is 3.68. The molecule has 2 bridgehead atoms. The first-order valence-corrected chi connectivity index (χ1v) is 5.60. The number of allylic oxidation sites excluding steroid dienone is 2. The van der Waals surface area contributed by atoms with Crippen molar-refractivity contribution in [3.8, 4) is 6.07 Å². The maximum Gasteiger partial charge on any atom is 0.0635 e. The summed E-state index contributed by atoms with van der Waals surface area (Å²) < 4.78 is 0. The van der Waals surface area contributed by atoms with Crippen LogP contribution in [0.1, 0.15) is 26.2 Å². The minimum absolute atomic E-state index is 0.572. The molecule has 0 spiro atoms. The molecular formula is C12H18N2. The van der Waals surface area contributed by atoms with Crippen LogP contribution in [0.5, 0.6) is 0 Å². The molecule has 4 atom stereocenters. The van der Waals surface area contributed by atoms with Gasteiger partial charge in [-0.05, 0) is 37.5 Å². The lowest BCUT2D eigenvalue weighted by atomic mass is 9.87. The van der Waals surface area contributed by atoms with Gasteiger partial charge in [-0.3, -0.25) is 0 Å². The van der Waals surface area contributed by atoms with Crippen molar-refractivity contribution in [2.75, 3.05) is 6.54 Å². The minimum Gasteiger partial charge on any atom is -0.313 e. The molecule has 0 aromatic carbocycles. The first kappa shape index (κ1) is 9.73. The summed E-state index contributed by atoms with van der Waals surface area (Å²) in [6, 6.07) is 2.74. The maximum absolute atomic E-state index is 8.45. The molecule has 4 unspecified atom stereocenters. The van der Waals surface area contributed by atoms with Gasteiger partial charge in [-0.25, -0.2) is 0 Å². The highest BCUT2D eigenvalue weighted by Gasteiger charge is 2.38. The molecule has 0 aromatic heterocycles. The lowest BCUT2D eigenvalue weighted by Gasteiger charge is -2.25. The number of rotatable bonds is 4. The molecule has 76 valence electrons. The molecule has 0 aliphatic heterocycles. The summed E-state index contributed by atoms with van der Waals surface area (Å²) in [6.07, 6.45) is 8.11. The number of nitrogens with zero attached hydrogens (tertiary/aromatic N) is 1. The second-order valence-electron chi connectivity index (χ2n) is 4.60. The van der Waals surface area contributed by atoms with E-state index in [4.69, 9.17) is 5.26 Å². The van der Waals surface area contributed by atoms with Crippen molar-refractivity contribution in [3.63, 3.8) is 0 Å². The van der Waals surface area contributed by atoms with Gasteiger partial charge in [-0.15, -0.1) is 0 Å². The Kier molecular flexibility index (Phi) is 2.88. The van der Waals surface area contributed by atoms with Gasteiger partial charge < -0.3 is 5.32 Å². The molecule has 2 aliphatic carbocycles. The number of hydrogen-bond acceptors (Lipinski definition) is 2. The zero-order valence-corrected chi connectivity index (χ0v) is 8.74. The van der Waals surface area contributed by atoms with Gasteiger partial charge in [-0.2, -0.15) is 5.26 Å². The van der Waals surface area contributed by atoms with Crippen molar-refractivity contribution < 1.29 is 0 Å². The van der Waals surface area contributed by atoms with E-state index in [-0.39, 0.29) is 0 Å². The van der Waals surface area contributed by atoms with E-state index in [0.717, 1.165) is 24.3 Å². The van der Waals surface area contributed by atoms with Crippen LogP contribution in [0.15, 0.2) is 12.2 Å². The molecular weight excluding hydrogens is 172 g/mol. The zero-order chi connectivity index (χ0) is 9.97. The van der Waals surface area contributed by atoms with Crippen LogP contribution in [0, 0.1) is 29.1 Å². The van der Waals surface area contributed by atoms with Gasteiger partial charge in [0.15, 0.2) is 0 Å². The standard InChI is InChI=1S/C12H18N2/c1-9(14-6-2-5-13)12-8-10-3-4-11(12)7-10/h3-4,9-12,14H,2,6-8H2,1H3. The summed E-state index contributed by atoms with van der Waals surface area (Å²) in [5.74, 6) is 2.47. The van der Waals surface area contributed by atoms with E-state index < -0.39 is 0 Å². The maximum atomic E-state index is 8.45. The quantitative estimate of drug-likeness (QED) is 0.544. The van der Waals surface area contributed by atoms with E-state index in [1.165, 1.54) is 12.8 Å². The van der Waals surface area contributed by atoms with Crippen molar-refractivity contribution in [2.45, 2.75) is 32.2 Å². The SMILES string of the molecule is CC(NCCC#N)C1CC2C=CC1C2. The largest absolute Gasteiger partial charge is 0.313 e. The first-order valence-electron chi connectivity index (χ1n) is 5.60. The molecule has 1 N–H and O–H groups in total. The van der Waals surface area contributed by atoms with Crippen molar-refractivity contribution in [3.05, 3.63) is 12.2 Å². The smallest absolute Gasteiger partial charge is 0.0635 e. The number of hydrogen-bond donors (Lipinski definition) is 1. The Hall–Kier alpha value is -0.810. The Morgan fingerprint density at radius 1 is 1.50 bits per heavy atom. The molecule has 2 nitrogen and oxygen atoms in total. The summed E-state index contributed by atoms with van der Waals surface area (Å²) in [5, 5.41) is 11.9. The molecule has 14 heavy (non-hydrogen) atoms. The predicted molar refractivity (Wildman–Crippen MR) is 56.5 cm³/mol. The van der Waals surface area contributed by atoms with E-state index in [1.807, 2.05) is 0 Å². The highest BCUT2D eigenvalue weighted by Crippen LogP contribution is 2.44.